The highest BCUT2D eigenvalue weighted by atomic mass is 35.5. The fourth-order valence-electron chi connectivity index (χ4n) is 1.11. The van der Waals surface area contributed by atoms with Crippen molar-refractivity contribution in [3.8, 4) is 5.75 Å². The number of carbonyl (C=O) groups is 1. The minimum atomic E-state index is -1.15. The van der Waals surface area contributed by atoms with Crippen molar-refractivity contribution in [1.82, 2.24) is 0 Å². The van der Waals surface area contributed by atoms with E-state index >= 15 is 0 Å². The molecule has 0 amide bonds. The Hall–Kier alpha value is -1.55. The Labute approximate surface area is 97.1 Å². The average molecular weight is 245 g/mol. The molecule has 0 radical (unpaired) electrons. The van der Waals surface area contributed by atoms with Gasteiger partial charge in [0.05, 0.1) is 11.6 Å². The smallest absolute Gasteiger partial charge is 0.328 e. The third kappa shape index (κ3) is 2.97. The molecule has 0 bridgehead atoms. The molecule has 16 heavy (non-hydrogen) atoms. The van der Waals surface area contributed by atoms with E-state index in [2.05, 4.69) is 0 Å². The van der Waals surface area contributed by atoms with E-state index in [1.165, 1.54) is 12.1 Å². The van der Waals surface area contributed by atoms with Crippen molar-refractivity contribution in [3.63, 3.8) is 0 Å². The first-order valence-electron chi connectivity index (χ1n) is 4.58. The molecular weight excluding hydrogens is 235 g/mol. The zero-order chi connectivity index (χ0) is 12.1. The van der Waals surface area contributed by atoms with Gasteiger partial charge in [0.15, 0.2) is 11.6 Å². The number of carboxylic acid groups (broad SMARTS) is 1. The first-order valence-corrected chi connectivity index (χ1v) is 4.95. The van der Waals surface area contributed by atoms with E-state index in [-0.39, 0.29) is 22.9 Å². The van der Waals surface area contributed by atoms with Gasteiger partial charge < -0.3 is 9.84 Å². The van der Waals surface area contributed by atoms with E-state index in [9.17, 15) is 9.18 Å². The Morgan fingerprint density at radius 3 is 2.88 bits per heavy atom. The van der Waals surface area contributed by atoms with Gasteiger partial charge in [0.25, 0.3) is 0 Å². The highest BCUT2D eigenvalue weighted by molar-refractivity contribution is 6.32. The molecule has 0 aliphatic rings. The summed E-state index contributed by atoms with van der Waals surface area (Å²) in [6, 6.07) is 2.84. The molecule has 5 heteroatoms. The molecule has 1 N–H and O–H groups in total. The molecule has 0 aliphatic heterocycles. The van der Waals surface area contributed by atoms with Gasteiger partial charge in [-0.1, -0.05) is 17.7 Å². The molecule has 0 aliphatic carbocycles. The van der Waals surface area contributed by atoms with Gasteiger partial charge in [0, 0.05) is 11.6 Å². The molecule has 1 aromatic carbocycles. The quantitative estimate of drug-likeness (QED) is 0.829. The minimum Gasteiger partial charge on any atom is -0.489 e. The lowest BCUT2D eigenvalue weighted by molar-refractivity contribution is -0.131. The van der Waals surface area contributed by atoms with E-state index in [0.717, 1.165) is 12.2 Å². The van der Waals surface area contributed by atoms with Gasteiger partial charge in [-0.2, -0.15) is 0 Å². The van der Waals surface area contributed by atoms with Crippen LogP contribution in [0.4, 0.5) is 4.39 Å². The van der Waals surface area contributed by atoms with Crippen molar-refractivity contribution in [2.75, 3.05) is 6.61 Å². The van der Waals surface area contributed by atoms with Crippen molar-refractivity contribution in [3.05, 3.63) is 34.6 Å². The second kappa shape index (κ2) is 5.51. The summed E-state index contributed by atoms with van der Waals surface area (Å²) in [5, 5.41) is 8.59. The van der Waals surface area contributed by atoms with Crippen molar-refractivity contribution in [1.29, 1.82) is 0 Å². The highest BCUT2D eigenvalue weighted by Crippen LogP contribution is 2.30. The van der Waals surface area contributed by atoms with Crippen LogP contribution in [0.1, 0.15) is 12.5 Å². The standard InChI is InChI=1S/C11H10ClFO3/c1-2-16-11-8(12)5-3-7(10(11)13)4-6-9(14)15/h3-6H,2H2,1H3,(H,14,15)/b6-4+. The van der Waals surface area contributed by atoms with Crippen LogP contribution in [0.25, 0.3) is 6.08 Å². The lowest BCUT2D eigenvalue weighted by Gasteiger charge is -2.08. The maximum atomic E-state index is 13.7. The van der Waals surface area contributed by atoms with Crippen LogP contribution in [-0.2, 0) is 4.79 Å². The highest BCUT2D eigenvalue weighted by Gasteiger charge is 2.11. The molecule has 0 saturated heterocycles. The Morgan fingerprint density at radius 1 is 1.62 bits per heavy atom. The normalized spacial score (nSPS) is 10.7. The number of aliphatic carboxylic acids is 1. The summed E-state index contributed by atoms with van der Waals surface area (Å²) in [5.74, 6) is -1.86. The molecule has 0 fully saturated rings. The Bertz CT molecular complexity index is 429. The Balaban J connectivity index is 3.12. The van der Waals surface area contributed by atoms with Crippen molar-refractivity contribution < 1.29 is 19.0 Å². The van der Waals surface area contributed by atoms with E-state index in [1.54, 1.807) is 6.92 Å². The average Bonchev–Trinajstić information content (AvgIpc) is 2.23. The Morgan fingerprint density at radius 2 is 2.31 bits per heavy atom. The predicted molar refractivity (Wildman–Crippen MR) is 59.2 cm³/mol. The zero-order valence-corrected chi connectivity index (χ0v) is 9.29. The van der Waals surface area contributed by atoms with Crippen LogP contribution in [-0.4, -0.2) is 17.7 Å². The van der Waals surface area contributed by atoms with Crippen LogP contribution >= 0.6 is 11.6 Å². The van der Waals surface area contributed by atoms with Crippen LogP contribution < -0.4 is 4.74 Å². The lowest BCUT2D eigenvalue weighted by atomic mass is 10.2. The largest absolute Gasteiger partial charge is 0.489 e. The summed E-state index contributed by atoms with van der Waals surface area (Å²) < 4.78 is 18.7. The number of benzene rings is 1. The molecule has 0 spiro atoms. The topological polar surface area (TPSA) is 46.5 Å². The minimum absolute atomic E-state index is 0.0586. The van der Waals surface area contributed by atoms with Gasteiger partial charge in [-0.3, -0.25) is 0 Å². The second-order valence-electron chi connectivity index (χ2n) is 2.88. The molecule has 86 valence electrons. The number of rotatable bonds is 4. The second-order valence-corrected chi connectivity index (χ2v) is 3.29. The van der Waals surface area contributed by atoms with Crippen LogP contribution in [0.2, 0.25) is 5.02 Å². The molecule has 0 aromatic heterocycles. The number of hydrogen-bond acceptors (Lipinski definition) is 2. The van der Waals surface area contributed by atoms with Gasteiger partial charge in [-0.15, -0.1) is 0 Å². The van der Waals surface area contributed by atoms with E-state index in [0.29, 0.717) is 0 Å². The summed E-state index contributed by atoms with van der Waals surface area (Å²) in [6.07, 6.45) is 2.00. The predicted octanol–water partition coefficient (Wildman–Crippen LogP) is 2.98. The van der Waals surface area contributed by atoms with Crippen LogP contribution in [0.15, 0.2) is 18.2 Å². The van der Waals surface area contributed by atoms with Gasteiger partial charge in [-0.05, 0) is 19.1 Å². The van der Waals surface area contributed by atoms with Gasteiger partial charge in [-0.25, -0.2) is 9.18 Å². The summed E-state index contributed by atoms with van der Waals surface area (Å²) >= 11 is 5.74. The molecule has 0 unspecified atom stereocenters. The maximum absolute atomic E-state index is 13.7. The third-order valence-electron chi connectivity index (χ3n) is 1.77. The van der Waals surface area contributed by atoms with Crippen molar-refractivity contribution in [2.45, 2.75) is 6.92 Å². The van der Waals surface area contributed by atoms with Crippen LogP contribution in [0.5, 0.6) is 5.75 Å². The van der Waals surface area contributed by atoms with Crippen LogP contribution in [0.3, 0.4) is 0 Å². The third-order valence-corrected chi connectivity index (χ3v) is 2.07. The Kier molecular flexibility index (Phi) is 4.31. The molecular formula is C11H10ClFO3. The molecule has 0 saturated carbocycles. The summed E-state index contributed by atoms with van der Waals surface area (Å²) in [5.41, 5.74) is 0.121. The van der Waals surface area contributed by atoms with Crippen molar-refractivity contribution >= 4 is 23.6 Å². The maximum Gasteiger partial charge on any atom is 0.328 e. The van der Waals surface area contributed by atoms with Gasteiger partial charge in [0.2, 0.25) is 0 Å². The number of halogens is 2. The van der Waals surface area contributed by atoms with E-state index in [1.807, 2.05) is 0 Å². The van der Waals surface area contributed by atoms with Crippen molar-refractivity contribution in [2.24, 2.45) is 0 Å². The molecule has 0 heterocycles. The van der Waals surface area contributed by atoms with E-state index < -0.39 is 11.8 Å². The summed E-state index contributed by atoms with van der Waals surface area (Å²) in [7, 11) is 0. The fourth-order valence-corrected chi connectivity index (χ4v) is 1.31. The van der Waals surface area contributed by atoms with Crippen LogP contribution in [0, 0.1) is 5.82 Å². The number of hydrogen-bond donors (Lipinski definition) is 1. The SMILES string of the molecule is CCOc1c(Cl)ccc(/C=C/C(=O)O)c1F. The molecule has 0 atom stereocenters. The first kappa shape index (κ1) is 12.5. The zero-order valence-electron chi connectivity index (χ0n) is 8.54. The molecule has 1 aromatic rings. The number of ether oxygens (including phenoxy) is 1. The molecule has 3 nitrogen and oxygen atoms in total. The monoisotopic (exact) mass is 244 g/mol. The summed E-state index contributed by atoms with van der Waals surface area (Å²) in [6.45, 7) is 1.98. The lowest BCUT2D eigenvalue weighted by Crippen LogP contribution is -1.97. The first-order chi connectivity index (χ1) is 7.56. The number of carboxylic acids is 1. The van der Waals surface area contributed by atoms with E-state index in [4.69, 9.17) is 21.4 Å². The van der Waals surface area contributed by atoms with Gasteiger partial charge >= 0.3 is 5.97 Å². The fraction of sp³-hybridized carbons (Fsp3) is 0.182. The summed E-state index contributed by atoms with van der Waals surface area (Å²) in [4.78, 5) is 10.3. The molecule has 1 rings (SSSR count). The van der Waals surface area contributed by atoms with Gasteiger partial charge in [0.1, 0.15) is 0 Å².